The van der Waals surface area contributed by atoms with Crippen molar-refractivity contribution in [3.63, 3.8) is 0 Å². The molecule has 29 heavy (non-hydrogen) atoms. The molecule has 1 amide bonds. The van der Waals surface area contributed by atoms with Crippen LogP contribution in [0.25, 0.3) is 11.0 Å². The summed E-state index contributed by atoms with van der Waals surface area (Å²) in [6, 6.07) is 6.49. The summed E-state index contributed by atoms with van der Waals surface area (Å²) in [5, 5.41) is 2.68. The van der Waals surface area contributed by atoms with E-state index in [0.717, 1.165) is 6.07 Å². The monoisotopic (exact) mass is 407 g/mol. The zero-order valence-electron chi connectivity index (χ0n) is 15.6. The highest BCUT2D eigenvalue weighted by atomic mass is 19.2. The molecule has 1 aromatic heterocycles. The van der Waals surface area contributed by atoms with Crippen LogP contribution in [0.3, 0.4) is 0 Å². The van der Waals surface area contributed by atoms with E-state index in [0.29, 0.717) is 28.3 Å². The number of hydrogen-bond donors (Lipinski definition) is 1. The molecule has 3 aromatic rings. The molecule has 0 aliphatic carbocycles. The van der Waals surface area contributed by atoms with Crippen molar-refractivity contribution < 1.29 is 36.7 Å². The average molecular weight is 407 g/mol. The van der Waals surface area contributed by atoms with Gasteiger partial charge in [-0.2, -0.15) is 0 Å². The van der Waals surface area contributed by atoms with Crippen LogP contribution in [0.4, 0.5) is 18.9 Å². The summed E-state index contributed by atoms with van der Waals surface area (Å²) in [5.74, 6) is -6.05. The maximum Gasteiger partial charge on any atom is 0.375 e. The van der Waals surface area contributed by atoms with Crippen LogP contribution in [0.2, 0.25) is 0 Å². The van der Waals surface area contributed by atoms with Crippen molar-refractivity contribution in [1.82, 2.24) is 0 Å². The normalized spacial score (nSPS) is 11.9. The summed E-state index contributed by atoms with van der Waals surface area (Å²) < 4.78 is 55.6. The number of benzene rings is 2. The highest BCUT2D eigenvalue weighted by Gasteiger charge is 2.25. The molecular weight excluding hydrogens is 391 g/mol. The Morgan fingerprint density at radius 1 is 1.10 bits per heavy atom. The molecule has 0 fully saturated rings. The molecule has 6 nitrogen and oxygen atoms in total. The molecule has 0 unspecified atom stereocenters. The lowest BCUT2D eigenvalue weighted by molar-refractivity contribution is -0.123. The first kappa shape index (κ1) is 20.2. The smallest absolute Gasteiger partial charge is 0.375 e. The van der Waals surface area contributed by atoms with Crippen LogP contribution < -0.4 is 10.1 Å². The number of halogens is 3. The van der Waals surface area contributed by atoms with Gasteiger partial charge in [0.1, 0.15) is 11.3 Å². The molecule has 9 heteroatoms. The molecule has 0 spiro atoms. The Morgan fingerprint density at radius 3 is 2.52 bits per heavy atom. The van der Waals surface area contributed by atoms with Gasteiger partial charge >= 0.3 is 5.97 Å². The van der Waals surface area contributed by atoms with Crippen molar-refractivity contribution in [2.24, 2.45) is 0 Å². The van der Waals surface area contributed by atoms with E-state index in [1.807, 2.05) is 5.32 Å². The number of fused-ring (bicyclic) bond motifs is 1. The fourth-order valence-corrected chi connectivity index (χ4v) is 2.65. The van der Waals surface area contributed by atoms with Crippen molar-refractivity contribution in [3.05, 3.63) is 59.1 Å². The predicted octanol–water partition coefficient (Wildman–Crippen LogP) is 4.35. The zero-order valence-corrected chi connectivity index (χ0v) is 15.6. The second-order valence-electron chi connectivity index (χ2n) is 6.18. The highest BCUT2D eigenvalue weighted by molar-refractivity contribution is 5.99. The number of aryl methyl sites for hydroxylation is 1. The molecule has 0 saturated heterocycles. The summed E-state index contributed by atoms with van der Waals surface area (Å²) in [7, 11) is 1.50. The Balaban J connectivity index is 1.75. The van der Waals surface area contributed by atoms with E-state index in [9.17, 15) is 22.8 Å². The summed E-state index contributed by atoms with van der Waals surface area (Å²) >= 11 is 0. The number of ether oxygens (including phenoxy) is 2. The number of methoxy groups -OCH3 is 1. The Hall–Kier alpha value is -3.49. The number of carbonyl (C=O) groups excluding carboxylic acids is 2. The largest absolute Gasteiger partial charge is 0.497 e. The predicted molar refractivity (Wildman–Crippen MR) is 97.3 cm³/mol. The Bertz CT molecular complexity index is 1110. The van der Waals surface area contributed by atoms with E-state index in [1.165, 1.54) is 14.0 Å². The van der Waals surface area contributed by atoms with Crippen LogP contribution in [-0.2, 0) is 9.53 Å². The Labute approximate surface area is 163 Å². The summed E-state index contributed by atoms with van der Waals surface area (Å²) in [6.45, 7) is 2.88. The molecule has 1 heterocycles. The van der Waals surface area contributed by atoms with Gasteiger partial charge in [-0.1, -0.05) is 0 Å². The van der Waals surface area contributed by atoms with Crippen LogP contribution in [0.5, 0.6) is 5.75 Å². The molecule has 0 bridgehead atoms. The summed E-state index contributed by atoms with van der Waals surface area (Å²) in [4.78, 5) is 24.6. The third kappa shape index (κ3) is 3.89. The Kier molecular flexibility index (Phi) is 5.49. The lowest BCUT2D eigenvalue weighted by Gasteiger charge is -2.13. The molecule has 3 rings (SSSR count). The summed E-state index contributed by atoms with van der Waals surface area (Å²) in [6.07, 6.45) is -1.36. The van der Waals surface area contributed by atoms with Gasteiger partial charge in [0.15, 0.2) is 23.6 Å². The molecule has 0 aliphatic heterocycles. The topological polar surface area (TPSA) is 77.8 Å². The number of furan rings is 1. The average Bonchev–Trinajstić information content (AvgIpc) is 3.04. The van der Waals surface area contributed by atoms with Gasteiger partial charge in [0.2, 0.25) is 5.76 Å². The summed E-state index contributed by atoms with van der Waals surface area (Å²) in [5.41, 5.74) is 0.336. The van der Waals surface area contributed by atoms with Crippen molar-refractivity contribution in [3.8, 4) is 5.75 Å². The van der Waals surface area contributed by atoms with Crippen molar-refractivity contribution in [1.29, 1.82) is 0 Å². The van der Waals surface area contributed by atoms with Gasteiger partial charge in [-0.25, -0.2) is 18.0 Å². The quantitative estimate of drug-likeness (QED) is 0.503. The van der Waals surface area contributed by atoms with Gasteiger partial charge in [0.05, 0.1) is 12.8 Å². The SMILES string of the molecule is COc1ccc2oc(C(=O)O[C@@H](C)C(=O)Nc3ccc(F)c(F)c3F)c(C)c2c1. The number of esters is 1. The molecule has 1 atom stereocenters. The van der Waals surface area contributed by atoms with Crippen LogP contribution in [0.15, 0.2) is 34.7 Å². The Morgan fingerprint density at radius 2 is 1.83 bits per heavy atom. The number of hydrogen-bond acceptors (Lipinski definition) is 5. The first-order valence-electron chi connectivity index (χ1n) is 8.45. The number of amides is 1. The molecule has 0 saturated carbocycles. The minimum Gasteiger partial charge on any atom is -0.497 e. The fourth-order valence-electron chi connectivity index (χ4n) is 2.65. The van der Waals surface area contributed by atoms with Gasteiger partial charge in [0.25, 0.3) is 5.91 Å². The van der Waals surface area contributed by atoms with Crippen molar-refractivity contribution in [2.75, 3.05) is 12.4 Å². The van der Waals surface area contributed by atoms with Crippen LogP contribution in [0.1, 0.15) is 23.0 Å². The second kappa shape index (κ2) is 7.86. The lowest BCUT2D eigenvalue weighted by atomic mass is 10.1. The van der Waals surface area contributed by atoms with Crippen molar-refractivity contribution >= 4 is 28.5 Å². The van der Waals surface area contributed by atoms with Crippen LogP contribution in [-0.4, -0.2) is 25.1 Å². The second-order valence-corrected chi connectivity index (χ2v) is 6.18. The minimum absolute atomic E-state index is 0.105. The number of nitrogens with one attached hydrogen (secondary N) is 1. The van der Waals surface area contributed by atoms with Crippen LogP contribution in [0, 0.1) is 24.4 Å². The number of rotatable bonds is 5. The van der Waals surface area contributed by atoms with Gasteiger partial charge in [-0.15, -0.1) is 0 Å². The molecule has 152 valence electrons. The van der Waals surface area contributed by atoms with Gasteiger partial charge in [0, 0.05) is 10.9 Å². The molecule has 1 N–H and O–H groups in total. The first-order chi connectivity index (χ1) is 13.7. The zero-order chi connectivity index (χ0) is 21.3. The van der Waals surface area contributed by atoms with Gasteiger partial charge < -0.3 is 19.2 Å². The third-order valence-electron chi connectivity index (χ3n) is 4.27. The number of carbonyl (C=O) groups is 2. The van der Waals surface area contributed by atoms with Crippen LogP contribution >= 0.6 is 0 Å². The molecule has 0 aliphatic rings. The van der Waals surface area contributed by atoms with E-state index in [-0.39, 0.29) is 5.76 Å². The van der Waals surface area contributed by atoms with E-state index < -0.39 is 41.1 Å². The number of anilines is 1. The lowest BCUT2D eigenvalue weighted by Crippen LogP contribution is -2.30. The standard InChI is InChI=1S/C20H16F3NO5/c1-9-12-8-11(27-3)4-7-15(12)29-18(9)20(26)28-10(2)19(25)24-14-6-5-13(21)16(22)17(14)23/h4-8,10H,1-3H3,(H,24,25)/t10-/m0/s1. The minimum atomic E-state index is -1.72. The maximum absolute atomic E-state index is 13.7. The van der Waals surface area contributed by atoms with Gasteiger partial charge in [-0.3, -0.25) is 4.79 Å². The first-order valence-corrected chi connectivity index (χ1v) is 8.45. The van der Waals surface area contributed by atoms with E-state index in [2.05, 4.69) is 0 Å². The molecule has 2 aromatic carbocycles. The molecular formula is C20H16F3NO5. The van der Waals surface area contributed by atoms with E-state index >= 15 is 0 Å². The van der Waals surface area contributed by atoms with Crippen molar-refractivity contribution in [2.45, 2.75) is 20.0 Å². The van der Waals surface area contributed by atoms with E-state index in [1.54, 1.807) is 25.1 Å². The highest BCUT2D eigenvalue weighted by Crippen LogP contribution is 2.29. The third-order valence-corrected chi connectivity index (χ3v) is 4.27. The fraction of sp³-hybridized carbons (Fsp3) is 0.200. The molecule has 0 radical (unpaired) electrons. The van der Waals surface area contributed by atoms with Gasteiger partial charge in [-0.05, 0) is 44.2 Å². The maximum atomic E-state index is 13.7. The van der Waals surface area contributed by atoms with E-state index in [4.69, 9.17) is 13.9 Å².